The van der Waals surface area contributed by atoms with E-state index in [1.54, 1.807) is 6.07 Å². The molecule has 2 N–H and O–H groups in total. The van der Waals surface area contributed by atoms with E-state index >= 15 is 0 Å². The molecule has 0 fully saturated rings. The molecular weight excluding hydrogens is 276 g/mol. The molecule has 3 aromatic rings. The highest BCUT2D eigenvalue weighted by Gasteiger charge is 2.13. The lowest BCUT2D eigenvalue weighted by molar-refractivity contribution is 0.102. The van der Waals surface area contributed by atoms with Gasteiger partial charge in [0.25, 0.3) is 5.91 Å². The highest BCUT2D eigenvalue weighted by molar-refractivity contribution is 6.12. The number of aryl methyl sites for hydroxylation is 1. The third kappa shape index (κ3) is 2.63. The fourth-order valence-corrected chi connectivity index (χ4v) is 2.53. The molecule has 0 aliphatic rings. The molecule has 0 saturated heterocycles. The van der Waals surface area contributed by atoms with Crippen LogP contribution in [-0.4, -0.2) is 10.9 Å². The number of anilines is 1. The first-order valence-corrected chi connectivity index (χ1v) is 7.20. The third-order valence-electron chi connectivity index (χ3n) is 3.64. The zero-order chi connectivity index (χ0) is 15.5. The van der Waals surface area contributed by atoms with Gasteiger partial charge in [0, 0.05) is 22.7 Å². The van der Waals surface area contributed by atoms with Crippen molar-refractivity contribution in [1.82, 2.24) is 4.98 Å². The number of H-pyrrole nitrogens is 1. The Kier molecular flexibility index (Phi) is 3.74. The number of carbonyl (C=O) groups excluding carboxylic acids is 1. The van der Waals surface area contributed by atoms with E-state index in [1.165, 1.54) is 6.07 Å². The summed E-state index contributed by atoms with van der Waals surface area (Å²) in [6.45, 7) is 2.04. The fourth-order valence-electron chi connectivity index (χ4n) is 2.53. The summed E-state index contributed by atoms with van der Waals surface area (Å²) in [5.74, 6) is -0.275. The van der Waals surface area contributed by atoms with Crippen molar-refractivity contribution in [3.8, 4) is 0 Å². The topological polar surface area (TPSA) is 62.0 Å². The van der Waals surface area contributed by atoms with Crippen LogP contribution in [0.5, 0.6) is 0 Å². The zero-order valence-electron chi connectivity index (χ0n) is 12.2. The van der Waals surface area contributed by atoms with Crippen molar-refractivity contribution >= 4 is 22.5 Å². The second-order valence-corrected chi connectivity index (χ2v) is 5.06. The first-order chi connectivity index (χ1) is 10.7. The molecule has 3 rings (SSSR count). The van der Waals surface area contributed by atoms with E-state index in [9.17, 15) is 9.59 Å². The molecule has 4 heteroatoms. The Morgan fingerprint density at radius 3 is 2.64 bits per heavy atom. The number of aromatic amines is 1. The van der Waals surface area contributed by atoms with Gasteiger partial charge in [0.15, 0.2) is 0 Å². The smallest absolute Gasteiger partial charge is 0.256 e. The Hall–Kier alpha value is -2.88. The van der Waals surface area contributed by atoms with Crippen molar-refractivity contribution in [2.75, 3.05) is 5.32 Å². The van der Waals surface area contributed by atoms with Gasteiger partial charge in [-0.15, -0.1) is 0 Å². The van der Waals surface area contributed by atoms with Crippen LogP contribution in [0.25, 0.3) is 10.9 Å². The maximum Gasteiger partial charge on any atom is 0.256 e. The van der Waals surface area contributed by atoms with Gasteiger partial charge >= 0.3 is 0 Å². The standard InChI is InChI=1S/C18H16N2O2/c1-2-12-7-3-5-9-15(12)20-18(22)14-11-17(21)19-16-10-6-4-8-13(14)16/h3-11H,2H2,1H3,(H,19,21)(H,20,22). The Labute approximate surface area is 127 Å². The van der Waals surface area contributed by atoms with Crippen LogP contribution in [0.1, 0.15) is 22.8 Å². The number of aromatic nitrogens is 1. The van der Waals surface area contributed by atoms with Crippen LogP contribution in [-0.2, 0) is 6.42 Å². The molecule has 0 unspecified atom stereocenters. The number of amides is 1. The number of rotatable bonds is 3. The minimum atomic E-state index is -0.285. The summed E-state index contributed by atoms with van der Waals surface area (Å²) in [5, 5.41) is 3.64. The number of pyridine rings is 1. The summed E-state index contributed by atoms with van der Waals surface area (Å²) < 4.78 is 0. The van der Waals surface area contributed by atoms with Crippen LogP contribution in [0.4, 0.5) is 5.69 Å². The summed E-state index contributed by atoms with van der Waals surface area (Å²) in [4.78, 5) is 27.1. The second-order valence-electron chi connectivity index (χ2n) is 5.06. The average molecular weight is 292 g/mol. The van der Waals surface area contributed by atoms with Gasteiger partial charge in [0.05, 0.1) is 5.56 Å². The number of fused-ring (bicyclic) bond motifs is 1. The van der Waals surface area contributed by atoms with Gasteiger partial charge in [0.2, 0.25) is 5.56 Å². The van der Waals surface area contributed by atoms with E-state index in [2.05, 4.69) is 10.3 Å². The van der Waals surface area contributed by atoms with Gasteiger partial charge in [0.1, 0.15) is 0 Å². The average Bonchev–Trinajstić information content (AvgIpc) is 2.54. The van der Waals surface area contributed by atoms with Crippen molar-refractivity contribution in [2.45, 2.75) is 13.3 Å². The van der Waals surface area contributed by atoms with Crippen molar-refractivity contribution in [1.29, 1.82) is 0 Å². The van der Waals surface area contributed by atoms with E-state index in [0.29, 0.717) is 11.1 Å². The maximum atomic E-state index is 12.6. The Bertz CT molecular complexity index is 897. The minimum absolute atomic E-state index is 0.275. The predicted molar refractivity (Wildman–Crippen MR) is 88.3 cm³/mol. The minimum Gasteiger partial charge on any atom is -0.322 e. The van der Waals surface area contributed by atoms with Gasteiger partial charge in [-0.3, -0.25) is 9.59 Å². The molecule has 0 aliphatic carbocycles. The van der Waals surface area contributed by atoms with Crippen LogP contribution in [0, 0.1) is 0 Å². The lowest BCUT2D eigenvalue weighted by Crippen LogP contribution is -2.17. The largest absolute Gasteiger partial charge is 0.322 e. The molecule has 1 heterocycles. The third-order valence-corrected chi connectivity index (χ3v) is 3.64. The normalized spacial score (nSPS) is 10.6. The molecule has 0 saturated carbocycles. The second kappa shape index (κ2) is 5.85. The monoisotopic (exact) mass is 292 g/mol. The van der Waals surface area contributed by atoms with Gasteiger partial charge in [-0.2, -0.15) is 0 Å². The van der Waals surface area contributed by atoms with Gasteiger partial charge in [-0.25, -0.2) is 0 Å². The molecule has 0 radical (unpaired) electrons. The number of nitrogens with one attached hydrogen (secondary N) is 2. The van der Waals surface area contributed by atoms with Crippen molar-refractivity contribution in [3.05, 3.63) is 76.1 Å². The summed E-state index contributed by atoms with van der Waals surface area (Å²) in [5.41, 5.74) is 2.59. The molecule has 0 aliphatic heterocycles. The van der Waals surface area contributed by atoms with E-state index in [1.807, 2.05) is 49.4 Å². The van der Waals surface area contributed by atoms with Crippen LogP contribution >= 0.6 is 0 Å². The number of carbonyl (C=O) groups is 1. The van der Waals surface area contributed by atoms with Crippen LogP contribution in [0.2, 0.25) is 0 Å². The molecule has 1 amide bonds. The number of hydrogen-bond donors (Lipinski definition) is 2. The molecule has 4 nitrogen and oxygen atoms in total. The van der Waals surface area contributed by atoms with E-state index in [-0.39, 0.29) is 11.5 Å². The van der Waals surface area contributed by atoms with Gasteiger partial charge in [-0.1, -0.05) is 43.3 Å². The van der Waals surface area contributed by atoms with E-state index in [4.69, 9.17) is 0 Å². The lowest BCUT2D eigenvalue weighted by atomic mass is 10.1. The Morgan fingerprint density at radius 2 is 1.82 bits per heavy atom. The fraction of sp³-hybridized carbons (Fsp3) is 0.111. The zero-order valence-corrected chi connectivity index (χ0v) is 12.2. The molecule has 22 heavy (non-hydrogen) atoms. The predicted octanol–water partition coefficient (Wildman–Crippen LogP) is 3.34. The molecule has 2 aromatic carbocycles. The number of hydrogen-bond acceptors (Lipinski definition) is 2. The Balaban J connectivity index is 2.04. The SMILES string of the molecule is CCc1ccccc1NC(=O)c1cc(=O)[nH]c2ccccc12. The molecule has 0 atom stereocenters. The van der Waals surface area contributed by atoms with E-state index in [0.717, 1.165) is 23.1 Å². The Morgan fingerprint density at radius 1 is 1.09 bits per heavy atom. The highest BCUT2D eigenvalue weighted by atomic mass is 16.2. The lowest BCUT2D eigenvalue weighted by Gasteiger charge is -2.11. The van der Waals surface area contributed by atoms with Crippen LogP contribution < -0.4 is 10.9 Å². The first kappa shape index (κ1) is 14.1. The number of para-hydroxylation sites is 2. The quantitative estimate of drug-likeness (QED) is 0.777. The summed E-state index contributed by atoms with van der Waals surface area (Å²) >= 11 is 0. The van der Waals surface area contributed by atoms with Crippen LogP contribution in [0.15, 0.2) is 59.4 Å². The molecule has 0 bridgehead atoms. The highest BCUT2D eigenvalue weighted by Crippen LogP contribution is 2.19. The molecule has 110 valence electrons. The van der Waals surface area contributed by atoms with Crippen molar-refractivity contribution in [2.24, 2.45) is 0 Å². The molecule has 0 spiro atoms. The summed E-state index contributed by atoms with van der Waals surface area (Å²) in [7, 11) is 0. The summed E-state index contributed by atoms with van der Waals surface area (Å²) in [6, 6.07) is 16.3. The maximum absolute atomic E-state index is 12.6. The van der Waals surface area contributed by atoms with E-state index < -0.39 is 0 Å². The molecule has 1 aromatic heterocycles. The van der Waals surface area contributed by atoms with Gasteiger partial charge < -0.3 is 10.3 Å². The van der Waals surface area contributed by atoms with Gasteiger partial charge in [-0.05, 0) is 24.1 Å². The van der Waals surface area contributed by atoms with Crippen LogP contribution in [0.3, 0.4) is 0 Å². The first-order valence-electron chi connectivity index (χ1n) is 7.20. The number of benzene rings is 2. The summed E-state index contributed by atoms with van der Waals surface area (Å²) in [6.07, 6.45) is 0.826. The van der Waals surface area contributed by atoms with Crippen molar-refractivity contribution < 1.29 is 4.79 Å². The van der Waals surface area contributed by atoms with Crippen molar-refractivity contribution in [3.63, 3.8) is 0 Å². The molecular formula is C18H16N2O2.